The predicted octanol–water partition coefficient (Wildman–Crippen LogP) is 4.19. The summed E-state index contributed by atoms with van der Waals surface area (Å²) in [4.78, 5) is 2.64. The smallest absolute Gasteiger partial charge is 0.119 e. The average molecular weight is 331 g/mol. The summed E-state index contributed by atoms with van der Waals surface area (Å²) in [5.74, 6) is 1.74. The summed E-state index contributed by atoms with van der Waals surface area (Å²) < 4.78 is 5.97. The Morgan fingerprint density at radius 2 is 1.88 bits per heavy atom. The number of nitrogens with one attached hydrogen (secondary N) is 1. The zero-order chi connectivity index (χ0) is 16.8. The van der Waals surface area contributed by atoms with Gasteiger partial charge in [0.15, 0.2) is 0 Å². The zero-order valence-electron chi connectivity index (χ0n) is 15.5. The van der Waals surface area contributed by atoms with Gasteiger partial charge in [-0.3, -0.25) is 4.90 Å². The Balaban J connectivity index is 1.40. The van der Waals surface area contributed by atoms with E-state index in [-0.39, 0.29) is 0 Å². The second kappa shape index (κ2) is 8.35. The normalized spacial score (nSPS) is 22.4. The SMILES string of the molecule is CC1(C)CCCCN1CCCOc1ccc(C2CCNCC2)cc1. The molecule has 0 spiro atoms. The summed E-state index contributed by atoms with van der Waals surface area (Å²) in [6, 6.07) is 8.84. The van der Waals surface area contributed by atoms with E-state index in [0.29, 0.717) is 5.54 Å². The maximum atomic E-state index is 5.97. The first-order valence-corrected chi connectivity index (χ1v) is 9.84. The van der Waals surface area contributed by atoms with E-state index in [2.05, 4.69) is 48.3 Å². The van der Waals surface area contributed by atoms with Crippen LogP contribution in [0.25, 0.3) is 0 Å². The lowest BCUT2D eigenvalue weighted by atomic mass is 9.90. The average Bonchev–Trinajstić information content (AvgIpc) is 2.61. The van der Waals surface area contributed by atoms with Gasteiger partial charge in [0.25, 0.3) is 0 Å². The molecule has 134 valence electrons. The highest BCUT2D eigenvalue weighted by Gasteiger charge is 2.28. The molecule has 3 heteroatoms. The van der Waals surface area contributed by atoms with Crippen LogP contribution >= 0.6 is 0 Å². The molecule has 2 fully saturated rings. The quantitative estimate of drug-likeness (QED) is 0.792. The second-order valence-corrected chi connectivity index (χ2v) is 8.05. The van der Waals surface area contributed by atoms with Crippen LogP contribution in [0.2, 0.25) is 0 Å². The van der Waals surface area contributed by atoms with Gasteiger partial charge in [-0.05, 0) is 89.2 Å². The fraction of sp³-hybridized carbons (Fsp3) is 0.714. The molecule has 0 saturated carbocycles. The van der Waals surface area contributed by atoms with Crippen molar-refractivity contribution >= 4 is 0 Å². The molecule has 0 amide bonds. The maximum Gasteiger partial charge on any atom is 0.119 e. The largest absolute Gasteiger partial charge is 0.494 e. The Bertz CT molecular complexity index is 491. The molecule has 2 aliphatic rings. The van der Waals surface area contributed by atoms with E-state index in [4.69, 9.17) is 4.74 Å². The lowest BCUT2D eigenvalue weighted by molar-refractivity contribution is 0.0713. The molecule has 3 nitrogen and oxygen atoms in total. The minimum atomic E-state index is 0.370. The third-order valence-electron chi connectivity index (χ3n) is 5.85. The van der Waals surface area contributed by atoms with Gasteiger partial charge in [-0.1, -0.05) is 18.6 Å². The first-order valence-electron chi connectivity index (χ1n) is 9.84. The fourth-order valence-corrected chi connectivity index (χ4v) is 4.17. The summed E-state index contributed by atoms with van der Waals surface area (Å²) >= 11 is 0. The van der Waals surface area contributed by atoms with Crippen molar-refractivity contribution in [1.82, 2.24) is 10.2 Å². The molecule has 2 heterocycles. The number of nitrogens with zero attached hydrogens (tertiary/aromatic N) is 1. The molecular weight excluding hydrogens is 296 g/mol. The van der Waals surface area contributed by atoms with Crippen LogP contribution in [0.4, 0.5) is 0 Å². The molecule has 1 aromatic rings. The molecule has 2 saturated heterocycles. The van der Waals surface area contributed by atoms with E-state index in [1.165, 1.54) is 44.2 Å². The lowest BCUT2D eigenvalue weighted by Crippen LogP contribution is -2.47. The number of hydrogen-bond donors (Lipinski definition) is 1. The minimum absolute atomic E-state index is 0.370. The van der Waals surface area contributed by atoms with Crippen molar-refractivity contribution in [2.45, 2.75) is 63.8 Å². The van der Waals surface area contributed by atoms with Crippen LogP contribution in [0.3, 0.4) is 0 Å². The van der Waals surface area contributed by atoms with Gasteiger partial charge in [0.2, 0.25) is 0 Å². The highest BCUT2D eigenvalue weighted by Crippen LogP contribution is 2.28. The topological polar surface area (TPSA) is 24.5 Å². The molecule has 24 heavy (non-hydrogen) atoms. The molecule has 2 aliphatic heterocycles. The summed E-state index contributed by atoms with van der Waals surface area (Å²) in [6.07, 6.45) is 7.68. The first-order chi connectivity index (χ1) is 11.6. The molecule has 1 aromatic carbocycles. The van der Waals surface area contributed by atoms with Gasteiger partial charge >= 0.3 is 0 Å². The molecule has 0 aromatic heterocycles. The van der Waals surface area contributed by atoms with Gasteiger partial charge in [-0.25, -0.2) is 0 Å². The van der Waals surface area contributed by atoms with E-state index in [0.717, 1.165) is 44.3 Å². The molecular formula is C21H34N2O. The van der Waals surface area contributed by atoms with Crippen molar-refractivity contribution in [2.75, 3.05) is 32.8 Å². The Labute approximate surface area is 147 Å². The van der Waals surface area contributed by atoms with Crippen molar-refractivity contribution in [2.24, 2.45) is 0 Å². The lowest BCUT2D eigenvalue weighted by Gasteiger charge is -2.42. The van der Waals surface area contributed by atoms with Crippen LogP contribution < -0.4 is 10.1 Å². The molecule has 0 bridgehead atoms. The molecule has 3 rings (SSSR count). The van der Waals surface area contributed by atoms with E-state index >= 15 is 0 Å². The number of hydrogen-bond acceptors (Lipinski definition) is 3. The van der Waals surface area contributed by atoms with E-state index in [1.807, 2.05) is 0 Å². The van der Waals surface area contributed by atoms with Gasteiger partial charge in [0, 0.05) is 12.1 Å². The standard InChI is InChI=1S/C21H34N2O/c1-21(2)12-3-4-15-23(21)16-5-17-24-20-8-6-18(7-9-20)19-10-13-22-14-11-19/h6-9,19,22H,3-5,10-17H2,1-2H3. The van der Waals surface area contributed by atoms with Crippen molar-refractivity contribution in [3.63, 3.8) is 0 Å². The Morgan fingerprint density at radius 3 is 2.58 bits per heavy atom. The monoisotopic (exact) mass is 330 g/mol. The van der Waals surface area contributed by atoms with Crippen LogP contribution in [0.15, 0.2) is 24.3 Å². The molecule has 0 atom stereocenters. The van der Waals surface area contributed by atoms with Gasteiger partial charge in [0.1, 0.15) is 5.75 Å². The number of piperidine rings is 2. The van der Waals surface area contributed by atoms with E-state index < -0.39 is 0 Å². The molecule has 0 aliphatic carbocycles. The van der Waals surface area contributed by atoms with E-state index in [1.54, 1.807) is 0 Å². The van der Waals surface area contributed by atoms with Crippen molar-refractivity contribution < 1.29 is 4.74 Å². The van der Waals surface area contributed by atoms with Crippen LogP contribution in [-0.2, 0) is 0 Å². The molecule has 0 radical (unpaired) electrons. The van der Waals surface area contributed by atoms with Crippen LogP contribution in [0.5, 0.6) is 5.75 Å². The summed E-state index contributed by atoms with van der Waals surface area (Å²) in [5, 5.41) is 3.43. The molecule has 1 N–H and O–H groups in total. The van der Waals surface area contributed by atoms with E-state index in [9.17, 15) is 0 Å². The summed E-state index contributed by atoms with van der Waals surface area (Å²) in [5.41, 5.74) is 1.84. The van der Waals surface area contributed by atoms with Crippen molar-refractivity contribution in [3.8, 4) is 5.75 Å². The van der Waals surface area contributed by atoms with Crippen molar-refractivity contribution in [1.29, 1.82) is 0 Å². The van der Waals surface area contributed by atoms with Crippen LogP contribution in [0, 0.1) is 0 Å². The van der Waals surface area contributed by atoms with Crippen LogP contribution in [-0.4, -0.2) is 43.2 Å². The number of likely N-dealkylation sites (tertiary alicyclic amines) is 1. The Hall–Kier alpha value is -1.06. The summed E-state index contributed by atoms with van der Waals surface area (Å²) in [6.45, 7) is 10.3. The third kappa shape index (κ3) is 4.73. The number of benzene rings is 1. The fourth-order valence-electron chi connectivity index (χ4n) is 4.17. The number of ether oxygens (including phenoxy) is 1. The zero-order valence-corrected chi connectivity index (χ0v) is 15.5. The Morgan fingerprint density at radius 1 is 1.12 bits per heavy atom. The highest BCUT2D eigenvalue weighted by atomic mass is 16.5. The first kappa shape index (κ1) is 17.8. The third-order valence-corrected chi connectivity index (χ3v) is 5.85. The van der Waals surface area contributed by atoms with Gasteiger partial charge in [0.05, 0.1) is 6.61 Å². The maximum absolute atomic E-state index is 5.97. The minimum Gasteiger partial charge on any atom is -0.494 e. The number of rotatable bonds is 6. The highest BCUT2D eigenvalue weighted by molar-refractivity contribution is 5.29. The van der Waals surface area contributed by atoms with Crippen LogP contribution in [0.1, 0.15) is 63.9 Å². The van der Waals surface area contributed by atoms with Gasteiger partial charge in [-0.2, -0.15) is 0 Å². The van der Waals surface area contributed by atoms with Gasteiger partial charge < -0.3 is 10.1 Å². The summed E-state index contributed by atoms with van der Waals surface area (Å²) in [7, 11) is 0. The Kier molecular flexibility index (Phi) is 6.18. The van der Waals surface area contributed by atoms with Gasteiger partial charge in [-0.15, -0.1) is 0 Å². The van der Waals surface area contributed by atoms with Crippen molar-refractivity contribution in [3.05, 3.63) is 29.8 Å². The predicted molar refractivity (Wildman–Crippen MR) is 101 cm³/mol. The second-order valence-electron chi connectivity index (χ2n) is 8.05. The molecule has 0 unspecified atom stereocenters.